The largest absolute Gasteiger partial charge is 0.469 e. The van der Waals surface area contributed by atoms with Gasteiger partial charge in [0, 0.05) is 12.5 Å². The van der Waals surface area contributed by atoms with E-state index in [2.05, 4.69) is 23.9 Å². The average molecular weight is 229 g/mol. The van der Waals surface area contributed by atoms with Gasteiger partial charge in [-0.1, -0.05) is 26.7 Å². The summed E-state index contributed by atoms with van der Waals surface area (Å²) in [5.74, 6) is -0.394. The smallest absolute Gasteiger partial charge is 0.306 e. The summed E-state index contributed by atoms with van der Waals surface area (Å²) in [6.07, 6.45) is 4.49. The van der Waals surface area contributed by atoms with Crippen LogP contribution in [0.3, 0.4) is 0 Å². The third kappa shape index (κ3) is 7.26. The standard InChI is InChI=1S/C12H23NO3/c1-4-6-10(7-5-2)13-11(14)8-9-12(15)16-3/h10H,4-9H2,1-3H3,(H,13,14). The second-order valence-corrected chi connectivity index (χ2v) is 3.92. The SMILES string of the molecule is CCCC(CCC)NC(=O)CCC(=O)OC. The van der Waals surface area contributed by atoms with E-state index < -0.39 is 0 Å². The number of amides is 1. The highest BCUT2D eigenvalue weighted by molar-refractivity contribution is 5.81. The fourth-order valence-electron chi connectivity index (χ4n) is 1.60. The zero-order chi connectivity index (χ0) is 12.4. The summed E-state index contributed by atoms with van der Waals surface area (Å²) >= 11 is 0. The molecule has 0 aliphatic rings. The molecule has 0 aromatic rings. The Morgan fingerprint density at radius 3 is 2.12 bits per heavy atom. The number of ether oxygens (including phenoxy) is 1. The van der Waals surface area contributed by atoms with Crippen LogP contribution in [-0.4, -0.2) is 25.0 Å². The molecule has 1 N–H and O–H groups in total. The van der Waals surface area contributed by atoms with Crippen LogP contribution in [-0.2, 0) is 14.3 Å². The van der Waals surface area contributed by atoms with E-state index in [0.717, 1.165) is 25.7 Å². The Kier molecular flexibility index (Phi) is 8.58. The van der Waals surface area contributed by atoms with Crippen LogP contribution in [0.1, 0.15) is 52.4 Å². The highest BCUT2D eigenvalue weighted by atomic mass is 16.5. The third-order valence-electron chi connectivity index (χ3n) is 2.42. The molecule has 0 atom stereocenters. The van der Waals surface area contributed by atoms with Gasteiger partial charge in [0.1, 0.15) is 0 Å². The van der Waals surface area contributed by atoms with Crippen molar-refractivity contribution in [2.75, 3.05) is 7.11 Å². The molecule has 0 aromatic carbocycles. The number of hydrogen-bond acceptors (Lipinski definition) is 3. The highest BCUT2D eigenvalue weighted by Crippen LogP contribution is 2.05. The zero-order valence-corrected chi connectivity index (χ0v) is 10.5. The molecular weight excluding hydrogens is 206 g/mol. The molecular formula is C12H23NO3. The maximum atomic E-state index is 11.5. The number of nitrogens with one attached hydrogen (secondary N) is 1. The molecule has 94 valence electrons. The Morgan fingerprint density at radius 2 is 1.69 bits per heavy atom. The molecule has 0 saturated heterocycles. The van der Waals surface area contributed by atoms with Gasteiger partial charge >= 0.3 is 5.97 Å². The number of hydrogen-bond donors (Lipinski definition) is 1. The maximum Gasteiger partial charge on any atom is 0.306 e. The normalized spacial score (nSPS) is 10.2. The molecule has 0 fully saturated rings. The lowest BCUT2D eigenvalue weighted by Crippen LogP contribution is -2.34. The Bertz CT molecular complexity index is 210. The first-order valence-corrected chi connectivity index (χ1v) is 6.00. The number of carbonyl (C=O) groups is 2. The Labute approximate surface area is 97.7 Å². The fourth-order valence-corrected chi connectivity index (χ4v) is 1.60. The third-order valence-corrected chi connectivity index (χ3v) is 2.42. The Hall–Kier alpha value is -1.06. The van der Waals surface area contributed by atoms with Crippen molar-refractivity contribution in [3.63, 3.8) is 0 Å². The van der Waals surface area contributed by atoms with Crippen LogP contribution in [0.2, 0.25) is 0 Å². The van der Waals surface area contributed by atoms with Crippen LogP contribution in [0.15, 0.2) is 0 Å². The van der Waals surface area contributed by atoms with Gasteiger partial charge in [0.05, 0.1) is 13.5 Å². The molecule has 0 aromatic heterocycles. The van der Waals surface area contributed by atoms with Gasteiger partial charge in [-0.3, -0.25) is 9.59 Å². The predicted molar refractivity (Wildman–Crippen MR) is 63.0 cm³/mol. The summed E-state index contributed by atoms with van der Waals surface area (Å²) in [4.78, 5) is 22.4. The predicted octanol–water partition coefficient (Wildman–Crippen LogP) is 2.02. The van der Waals surface area contributed by atoms with E-state index in [-0.39, 0.29) is 30.8 Å². The van der Waals surface area contributed by atoms with E-state index in [0.29, 0.717) is 0 Å². The van der Waals surface area contributed by atoms with E-state index in [9.17, 15) is 9.59 Å². The van der Waals surface area contributed by atoms with Crippen molar-refractivity contribution in [1.29, 1.82) is 0 Å². The summed E-state index contributed by atoms with van der Waals surface area (Å²) in [7, 11) is 1.33. The molecule has 0 heterocycles. The van der Waals surface area contributed by atoms with Gasteiger partial charge in [-0.15, -0.1) is 0 Å². The first kappa shape index (κ1) is 14.9. The zero-order valence-electron chi connectivity index (χ0n) is 10.5. The number of methoxy groups -OCH3 is 1. The van der Waals surface area contributed by atoms with E-state index in [1.165, 1.54) is 7.11 Å². The van der Waals surface area contributed by atoms with Crippen molar-refractivity contribution in [1.82, 2.24) is 5.32 Å². The molecule has 0 unspecified atom stereocenters. The topological polar surface area (TPSA) is 55.4 Å². The monoisotopic (exact) mass is 229 g/mol. The van der Waals surface area contributed by atoms with Crippen molar-refractivity contribution < 1.29 is 14.3 Å². The number of carbonyl (C=O) groups excluding carboxylic acids is 2. The van der Waals surface area contributed by atoms with Gasteiger partial charge in [0.15, 0.2) is 0 Å². The number of esters is 1. The van der Waals surface area contributed by atoms with Crippen molar-refractivity contribution in [2.45, 2.75) is 58.4 Å². The second kappa shape index (κ2) is 9.19. The lowest BCUT2D eigenvalue weighted by molar-refractivity contribution is -0.142. The Morgan fingerprint density at radius 1 is 1.12 bits per heavy atom. The lowest BCUT2D eigenvalue weighted by Gasteiger charge is -2.17. The first-order chi connectivity index (χ1) is 7.63. The fraction of sp³-hybridized carbons (Fsp3) is 0.833. The molecule has 0 bridgehead atoms. The van der Waals surface area contributed by atoms with E-state index in [4.69, 9.17) is 0 Å². The first-order valence-electron chi connectivity index (χ1n) is 6.00. The highest BCUT2D eigenvalue weighted by Gasteiger charge is 2.12. The van der Waals surface area contributed by atoms with Crippen LogP contribution in [0.25, 0.3) is 0 Å². The number of rotatable bonds is 8. The molecule has 16 heavy (non-hydrogen) atoms. The molecule has 0 rings (SSSR count). The molecule has 0 radical (unpaired) electrons. The molecule has 4 nitrogen and oxygen atoms in total. The van der Waals surface area contributed by atoms with Gasteiger partial charge in [-0.25, -0.2) is 0 Å². The summed E-state index contributed by atoms with van der Waals surface area (Å²) in [5.41, 5.74) is 0. The van der Waals surface area contributed by atoms with Crippen molar-refractivity contribution in [3.8, 4) is 0 Å². The van der Waals surface area contributed by atoms with Gasteiger partial charge < -0.3 is 10.1 Å². The van der Waals surface area contributed by atoms with Crippen LogP contribution in [0.4, 0.5) is 0 Å². The minimum Gasteiger partial charge on any atom is -0.469 e. The molecule has 1 amide bonds. The van der Waals surface area contributed by atoms with Crippen LogP contribution in [0, 0.1) is 0 Å². The lowest BCUT2D eigenvalue weighted by atomic mass is 10.1. The average Bonchev–Trinajstić information content (AvgIpc) is 2.26. The minimum atomic E-state index is -0.335. The van der Waals surface area contributed by atoms with Crippen molar-refractivity contribution >= 4 is 11.9 Å². The summed E-state index contributed by atoms with van der Waals surface area (Å²) in [6.45, 7) is 4.20. The summed E-state index contributed by atoms with van der Waals surface area (Å²) in [5, 5.41) is 2.95. The maximum absolute atomic E-state index is 11.5. The summed E-state index contributed by atoms with van der Waals surface area (Å²) < 4.78 is 4.48. The quantitative estimate of drug-likeness (QED) is 0.648. The van der Waals surface area contributed by atoms with Crippen LogP contribution in [0.5, 0.6) is 0 Å². The summed E-state index contributed by atoms with van der Waals surface area (Å²) in [6, 6.07) is 0.250. The molecule has 0 saturated carbocycles. The molecule has 0 aliphatic heterocycles. The van der Waals surface area contributed by atoms with E-state index >= 15 is 0 Å². The van der Waals surface area contributed by atoms with Crippen LogP contribution >= 0.6 is 0 Å². The molecule has 0 spiro atoms. The van der Waals surface area contributed by atoms with Crippen molar-refractivity contribution in [2.24, 2.45) is 0 Å². The van der Waals surface area contributed by atoms with Gasteiger partial charge in [-0.05, 0) is 12.8 Å². The minimum absolute atomic E-state index is 0.0581. The van der Waals surface area contributed by atoms with Gasteiger partial charge in [0.2, 0.25) is 5.91 Å². The van der Waals surface area contributed by atoms with E-state index in [1.54, 1.807) is 0 Å². The van der Waals surface area contributed by atoms with Crippen molar-refractivity contribution in [3.05, 3.63) is 0 Å². The molecule has 0 aliphatic carbocycles. The Balaban J connectivity index is 3.85. The van der Waals surface area contributed by atoms with Gasteiger partial charge in [-0.2, -0.15) is 0 Å². The van der Waals surface area contributed by atoms with E-state index in [1.807, 2.05) is 0 Å². The van der Waals surface area contributed by atoms with Crippen LogP contribution < -0.4 is 5.32 Å². The second-order valence-electron chi connectivity index (χ2n) is 3.92. The van der Waals surface area contributed by atoms with Gasteiger partial charge in [0.25, 0.3) is 0 Å². The molecule has 4 heteroatoms.